The molecule has 0 saturated carbocycles. The van der Waals surface area contributed by atoms with Crippen molar-refractivity contribution in [2.45, 2.75) is 6.92 Å². The van der Waals surface area contributed by atoms with Gasteiger partial charge in [-0.15, -0.1) is 11.3 Å². The van der Waals surface area contributed by atoms with Gasteiger partial charge in [0.2, 0.25) is 0 Å². The van der Waals surface area contributed by atoms with Crippen LogP contribution in [0.1, 0.15) is 11.8 Å². The van der Waals surface area contributed by atoms with Crippen LogP contribution >= 0.6 is 11.3 Å². The molecule has 0 N–H and O–H groups in total. The van der Waals surface area contributed by atoms with Crippen molar-refractivity contribution in [3.05, 3.63) is 22.4 Å². The average molecular weight is 170 g/mol. The molecule has 0 atom stereocenters. The highest BCUT2D eigenvalue weighted by Crippen LogP contribution is 2.04. The summed E-state index contributed by atoms with van der Waals surface area (Å²) in [4.78, 5) is 1.04. The molecule has 1 aromatic heterocycles. The molecule has 12 heavy (non-hydrogen) atoms. The van der Waals surface area contributed by atoms with Crippen LogP contribution in [0.25, 0.3) is 0 Å². The first-order valence-corrected chi connectivity index (χ1v) is 4.27. The Labute approximate surface area is 76.6 Å². The number of thiophene rings is 1. The maximum Gasteiger partial charge on any atom is 0.0778 e. The van der Waals surface area contributed by atoms with E-state index in [1.807, 2.05) is 17.5 Å². The predicted octanol–water partition coefficient (Wildman–Crippen LogP) is 2.13. The van der Waals surface area contributed by atoms with Crippen molar-refractivity contribution in [1.29, 1.82) is 0 Å². The maximum absolute atomic E-state index is 2.91. The van der Waals surface area contributed by atoms with E-state index in [1.54, 1.807) is 18.3 Å². The van der Waals surface area contributed by atoms with Gasteiger partial charge < -0.3 is 0 Å². The lowest BCUT2D eigenvalue weighted by molar-refractivity contribution is 1.92. The van der Waals surface area contributed by atoms with E-state index in [-0.39, 0.29) is 0 Å². The summed E-state index contributed by atoms with van der Waals surface area (Å²) in [5.41, 5.74) is 0. The Morgan fingerprint density at radius 1 is 1.17 bits per heavy atom. The van der Waals surface area contributed by atoms with Crippen LogP contribution in [0.4, 0.5) is 0 Å². The van der Waals surface area contributed by atoms with E-state index in [1.165, 1.54) is 0 Å². The Morgan fingerprint density at radius 2 is 2.00 bits per heavy atom. The van der Waals surface area contributed by atoms with Crippen molar-refractivity contribution < 1.29 is 0 Å². The van der Waals surface area contributed by atoms with Crippen LogP contribution in [0.2, 0.25) is 0 Å². The molecule has 0 unspecified atom stereocenters. The van der Waals surface area contributed by atoms with E-state index in [0.29, 0.717) is 0 Å². The van der Waals surface area contributed by atoms with Crippen LogP contribution in [0.3, 0.4) is 0 Å². The molecule has 0 saturated heterocycles. The summed E-state index contributed by atoms with van der Waals surface area (Å²) >= 11 is 1.61. The van der Waals surface area contributed by atoms with E-state index in [4.69, 9.17) is 0 Å². The lowest BCUT2D eigenvalue weighted by Gasteiger charge is -1.69. The molecular formula is C11H6S. The quantitative estimate of drug-likeness (QED) is 0.523. The minimum Gasteiger partial charge on any atom is -0.135 e. The monoisotopic (exact) mass is 170 g/mol. The van der Waals surface area contributed by atoms with Gasteiger partial charge in [0.1, 0.15) is 0 Å². The fourth-order valence-electron chi connectivity index (χ4n) is 0.568. The molecule has 56 valence electrons. The zero-order valence-corrected chi connectivity index (χ0v) is 7.46. The second-order valence-corrected chi connectivity index (χ2v) is 2.80. The number of hydrogen-bond acceptors (Lipinski definition) is 1. The molecule has 0 nitrogen and oxygen atoms in total. The van der Waals surface area contributed by atoms with Crippen molar-refractivity contribution in [2.75, 3.05) is 0 Å². The van der Waals surface area contributed by atoms with Crippen LogP contribution in [-0.2, 0) is 0 Å². The fourth-order valence-corrected chi connectivity index (χ4v) is 1.14. The van der Waals surface area contributed by atoms with Gasteiger partial charge in [-0.05, 0) is 48.0 Å². The molecule has 0 fully saturated rings. The Kier molecular flexibility index (Phi) is 3.59. The Balaban J connectivity index is 2.62. The van der Waals surface area contributed by atoms with Gasteiger partial charge in [0.15, 0.2) is 0 Å². The number of rotatable bonds is 0. The number of hydrogen-bond donors (Lipinski definition) is 0. The first-order chi connectivity index (χ1) is 5.93. The predicted molar refractivity (Wildman–Crippen MR) is 52.4 cm³/mol. The largest absolute Gasteiger partial charge is 0.135 e. The SMILES string of the molecule is CC#CC#CC#Cc1cccs1. The summed E-state index contributed by atoms with van der Waals surface area (Å²) in [6, 6.07) is 3.93. The summed E-state index contributed by atoms with van der Waals surface area (Å²) in [5, 5.41) is 1.99. The highest BCUT2D eigenvalue weighted by Gasteiger charge is 1.81. The van der Waals surface area contributed by atoms with Crippen molar-refractivity contribution in [3.8, 4) is 35.5 Å². The Hall–Kier alpha value is -1.62. The van der Waals surface area contributed by atoms with Crippen LogP contribution in [0.15, 0.2) is 17.5 Å². The molecular weight excluding hydrogens is 164 g/mol. The van der Waals surface area contributed by atoms with E-state index in [2.05, 4.69) is 35.5 Å². The zero-order valence-electron chi connectivity index (χ0n) is 6.64. The smallest absolute Gasteiger partial charge is 0.0778 e. The minimum atomic E-state index is 1.04. The van der Waals surface area contributed by atoms with Crippen molar-refractivity contribution in [1.82, 2.24) is 0 Å². The first-order valence-electron chi connectivity index (χ1n) is 3.40. The molecule has 0 radical (unpaired) electrons. The summed E-state index contributed by atoms with van der Waals surface area (Å²) in [7, 11) is 0. The molecule has 0 aromatic carbocycles. The van der Waals surface area contributed by atoms with Gasteiger partial charge in [-0.1, -0.05) is 12.0 Å². The van der Waals surface area contributed by atoms with Gasteiger partial charge in [-0.25, -0.2) is 0 Å². The molecule has 1 heterocycles. The van der Waals surface area contributed by atoms with Gasteiger partial charge in [0.25, 0.3) is 0 Å². The normalized spacial score (nSPS) is 6.42. The molecule has 1 aromatic rings. The second-order valence-electron chi connectivity index (χ2n) is 1.85. The fraction of sp³-hybridized carbons (Fsp3) is 0.0909. The topological polar surface area (TPSA) is 0 Å². The molecule has 0 aliphatic carbocycles. The highest BCUT2D eigenvalue weighted by molar-refractivity contribution is 7.10. The maximum atomic E-state index is 2.91. The molecule has 0 spiro atoms. The van der Waals surface area contributed by atoms with Crippen molar-refractivity contribution in [3.63, 3.8) is 0 Å². The van der Waals surface area contributed by atoms with Gasteiger partial charge in [-0.3, -0.25) is 0 Å². The molecule has 0 bridgehead atoms. The third-order valence-electron chi connectivity index (χ3n) is 1.02. The average Bonchev–Trinajstić information content (AvgIpc) is 2.57. The minimum absolute atomic E-state index is 1.04. The molecule has 1 heteroatoms. The van der Waals surface area contributed by atoms with Gasteiger partial charge in [0.05, 0.1) is 4.88 Å². The highest BCUT2D eigenvalue weighted by atomic mass is 32.1. The molecule has 0 aliphatic rings. The summed E-state index contributed by atoms with van der Waals surface area (Å²) in [6.45, 7) is 1.75. The molecule has 0 amide bonds. The van der Waals surface area contributed by atoms with Crippen LogP contribution in [-0.4, -0.2) is 0 Å². The van der Waals surface area contributed by atoms with E-state index in [0.717, 1.165) is 4.88 Å². The molecule has 1 rings (SSSR count). The van der Waals surface area contributed by atoms with Gasteiger partial charge in [0, 0.05) is 0 Å². The zero-order chi connectivity index (χ0) is 8.65. The summed E-state index contributed by atoms with van der Waals surface area (Å²) in [6.07, 6.45) is 0. The third-order valence-corrected chi connectivity index (χ3v) is 1.80. The van der Waals surface area contributed by atoms with E-state index < -0.39 is 0 Å². The van der Waals surface area contributed by atoms with Crippen molar-refractivity contribution in [2.24, 2.45) is 0 Å². The summed E-state index contributed by atoms with van der Waals surface area (Å²) < 4.78 is 0. The van der Waals surface area contributed by atoms with Crippen LogP contribution in [0.5, 0.6) is 0 Å². The van der Waals surface area contributed by atoms with Gasteiger partial charge >= 0.3 is 0 Å². The lowest BCUT2D eigenvalue weighted by Crippen LogP contribution is -1.57. The second kappa shape index (κ2) is 5.09. The summed E-state index contributed by atoms with van der Waals surface area (Å²) in [5.74, 6) is 16.2. The van der Waals surface area contributed by atoms with Crippen LogP contribution < -0.4 is 0 Å². The van der Waals surface area contributed by atoms with E-state index >= 15 is 0 Å². The first kappa shape index (κ1) is 8.48. The van der Waals surface area contributed by atoms with E-state index in [9.17, 15) is 0 Å². The third kappa shape index (κ3) is 2.98. The van der Waals surface area contributed by atoms with Crippen molar-refractivity contribution >= 4 is 11.3 Å². The molecule has 0 aliphatic heterocycles. The Morgan fingerprint density at radius 3 is 2.67 bits per heavy atom. The van der Waals surface area contributed by atoms with Gasteiger partial charge in [-0.2, -0.15) is 0 Å². The lowest BCUT2D eigenvalue weighted by atomic mass is 10.4. The van der Waals surface area contributed by atoms with Crippen LogP contribution in [0, 0.1) is 35.5 Å². The standard InChI is InChI=1S/C11H6S/c1-2-3-4-5-6-8-11-9-7-10-12-11/h7,9-10H,1H3. The Bertz CT molecular complexity index is 405.